The zero-order valence-electron chi connectivity index (χ0n) is 14.3. The van der Waals surface area contributed by atoms with Crippen LogP contribution >= 0.6 is 11.6 Å². The molecule has 0 spiro atoms. The van der Waals surface area contributed by atoms with Gasteiger partial charge in [-0.1, -0.05) is 17.7 Å². The van der Waals surface area contributed by atoms with E-state index in [1.54, 1.807) is 12.6 Å². The van der Waals surface area contributed by atoms with Crippen molar-refractivity contribution in [3.8, 4) is 0 Å². The predicted molar refractivity (Wildman–Crippen MR) is 92.4 cm³/mol. The highest BCUT2D eigenvalue weighted by Crippen LogP contribution is 2.43. The summed E-state index contributed by atoms with van der Waals surface area (Å²) in [6.07, 6.45) is 12.9. The minimum atomic E-state index is 0.00643. The van der Waals surface area contributed by atoms with Crippen molar-refractivity contribution in [1.29, 1.82) is 0 Å². The molecule has 1 heterocycles. The van der Waals surface area contributed by atoms with Crippen LogP contribution in [0.4, 0.5) is 0 Å². The number of methoxy groups -OCH3 is 1. The van der Waals surface area contributed by atoms with Crippen LogP contribution < -0.4 is 0 Å². The van der Waals surface area contributed by atoms with E-state index >= 15 is 0 Å². The highest BCUT2D eigenvalue weighted by molar-refractivity contribution is 6.25. The van der Waals surface area contributed by atoms with E-state index in [9.17, 15) is 0 Å². The molecule has 1 saturated heterocycles. The maximum atomic E-state index is 5.88. The Morgan fingerprint density at radius 1 is 0.826 bits per heavy atom. The fourth-order valence-corrected chi connectivity index (χ4v) is 4.91. The van der Waals surface area contributed by atoms with Gasteiger partial charge in [0.1, 0.15) is 6.10 Å². The van der Waals surface area contributed by atoms with Crippen LogP contribution in [0, 0.1) is 23.7 Å². The first kappa shape index (κ1) is 17.7. The summed E-state index contributed by atoms with van der Waals surface area (Å²) in [7, 11) is 1.72. The average molecular weight is 343 g/mol. The maximum absolute atomic E-state index is 5.88. The van der Waals surface area contributed by atoms with Crippen molar-refractivity contribution < 1.29 is 14.2 Å². The molecule has 132 valence electrons. The third-order valence-corrected chi connectivity index (χ3v) is 6.40. The molecule has 0 N–H and O–H groups in total. The molecule has 3 aliphatic rings. The number of hydrogen-bond acceptors (Lipinski definition) is 3. The molecule has 3 rings (SSSR count). The monoisotopic (exact) mass is 342 g/mol. The van der Waals surface area contributed by atoms with Crippen molar-refractivity contribution in [2.24, 2.45) is 23.7 Å². The summed E-state index contributed by atoms with van der Waals surface area (Å²) in [6, 6.07) is 0. The van der Waals surface area contributed by atoms with E-state index in [2.05, 4.69) is 6.08 Å². The Labute approximate surface area is 145 Å². The number of halogens is 1. The summed E-state index contributed by atoms with van der Waals surface area (Å²) < 4.78 is 17.0. The second kappa shape index (κ2) is 8.84. The Morgan fingerprint density at radius 2 is 1.35 bits per heavy atom. The fourth-order valence-electron chi connectivity index (χ4n) is 4.71. The minimum absolute atomic E-state index is 0.00643. The average Bonchev–Trinajstić information content (AvgIpc) is 2.63. The number of allylic oxidation sites excluding steroid dienone is 1. The van der Waals surface area contributed by atoms with Crippen LogP contribution in [0.5, 0.6) is 0 Å². The van der Waals surface area contributed by atoms with Gasteiger partial charge in [0.15, 0.2) is 6.29 Å². The summed E-state index contributed by atoms with van der Waals surface area (Å²) in [4.78, 5) is 0. The Kier molecular flexibility index (Phi) is 6.82. The normalized spacial score (nSPS) is 42.9. The molecule has 0 aromatic heterocycles. The molecule has 0 atom stereocenters. The van der Waals surface area contributed by atoms with Crippen molar-refractivity contribution >= 4 is 11.6 Å². The van der Waals surface area contributed by atoms with Crippen molar-refractivity contribution in [2.75, 3.05) is 20.3 Å². The largest absolute Gasteiger partial charge is 0.377 e. The third-order valence-electron chi connectivity index (χ3n) is 6.26. The number of ether oxygens (including phenoxy) is 3. The standard InChI is InChI=1S/C19H31ClO3/c1-21-18-12-22-19(23-13-18)17-8-6-16(7-9-17)15-4-2-14(3-5-15)10-11-20/h10-11,14-19H,2-9,12-13H2,1H3. The van der Waals surface area contributed by atoms with Crippen LogP contribution in [0.25, 0.3) is 0 Å². The fraction of sp³-hybridized carbons (Fsp3) is 0.895. The third kappa shape index (κ3) is 4.72. The van der Waals surface area contributed by atoms with Gasteiger partial charge in [-0.15, -0.1) is 0 Å². The molecular formula is C19H31ClO3. The van der Waals surface area contributed by atoms with Gasteiger partial charge in [0.05, 0.1) is 13.2 Å². The second-order valence-electron chi connectivity index (χ2n) is 7.56. The lowest BCUT2D eigenvalue weighted by Gasteiger charge is -2.40. The summed E-state index contributed by atoms with van der Waals surface area (Å²) in [6.45, 7) is 1.36. The van der Waals surface area contributed by atoms with E-state index in [4.69, 9.17) is 25.8 Å². The topological polar surface area (TPSA) is 27.7 Å². The minimum Gasteiger partial charge on any atom is -0.377 e. The molecule has 1 aliphatic heterocycles. The smallest absolute Gasteiger partial charge is 0.160 e. The molecule has 3 nitrogen and oxygen atoms in total. The van der Waals surface area contributed by atoms with Crippen LogP contribution in [-0.2, 0) is 14.2 Å². The molecule has 0 amide bonds. The van der Waals surface area contributed by atoms with Gasteiger partial charge in [-0.3, -0.25) is 0 Å². The molecule has 4 heteroatoms. The van der Waals surface area contributed by atoms with Crippen molar-refractivity contribution in [3.63, 3.8) is 0 Å². The van der Waals surface area contributed by atoms with Gasteiger partial charge in [0.25, 0.3) is 0 Å². The molecule has 0 aromatic carbocycles. The maximum Gasteiger partial charge on any atom is 0.160 e. The molecule has 0 unspecified atom stereocenters. The first-order chi connectivity index (χ1) is 11.3. The number of rotatable bonds is 4. The molecule has 2 aliphatic carbocycles. The van der Waals surface area contributed by atoms with Crippen LogP contribution in [0.15, 0.2) is 11.6 Å². The zero-order valence-corrected chi connectivity index (χ0v) is 15.0. The molecule has 0 radical (unpaired) electrons. The summed E-state index contributed by atoms with van der Waals surface area (Å²) >= 11 is 5.72. The lowest BCUT2D eigenvalue weighted by atomic mass is 9.69. The van der Waals surface area contributed by atoms with Gasteiger partial charge in [-0.2, -0.15) is 0 Å². The Balaban J connectivity index is 1.39. The summed E-state index contributed by atoms with van der Waals surface area (Å²) in [5.41, 5.74) is 1.70. The first-order valence-corrected chi connectivity index (χ1v) is 9.76. The molecule has 23 heavy (non-hydrogen) atoms. The zero-order chi connectivity index (χ0) is 16.1. The highest BCUT2D eigenvalue weighted by atomic mass is 35.5. The first-order valence-electron chi connectivity index (χ1n) is 9.33. The highest BCUT2D eigenvalue weighted by Gasteiger charge is 2.35. The SMILES string of the molecule is COC1COC(C2CCC(C3CCC(C=CCl)CC3)CC2)OC1. The number of hydrogen-bond donors (Lipinski definition) is 0. The van der Waals surface area contributed by atoms with Gasteiger partial charge >= 0.3 is 0 Å². The molecular weight excluding hydrogens is 312 g/mol. The van der Waals surface area contributed by atoms with E-state index in [0.29, 0.717) is 19.1 Å². The quantitative estimate of drug-likeness (QED) is 0.738. The van der Waals surface area contributed by atoms with E-state index in [1.807, 2.05) is 0 Å². The summed E-state index contributed by atoms with van der Waals surface area (Å²) in [5, 5.41) is 0. The van der Waals surface area contributed by atoms with Crippen LogP contribution in [-0.4, -0.2) is 32.7 Å². The summed E-state index contributed by atoms with van der Waals surface area (Å²) in [5.74, 6) is 3.15. The Hall–Kier alpha value is -0.0900. The molecule has 0 bridgehead atoms. The van der Waals surface area contributed by atoms with Crippen molar-refractivity contribution in [2.45, 2.75) is 63.8 Å². The van der Waals surface area contributed by atoms with Crippen LogP contribution in [0.3, 0.4) is 0 Å². The van der Waals surface area contributed by atoms with E-state index in [0.717, 1.165) is 17.8 Å². The predicted octanol–water partition coefficient (Wildman–Crippen LogP) is 4.74. The van der Waals surface area contributed by atoms with E-state index in [1.165, 1.54) is 51.4 Å². The van der Waals surface area contributed by atoms with E-state index in [-0.39, 0.29) is 12.4 Å². The lowest BCUT2D eigenvalue weighted by Crippen LogP contribution is -2.42. The van der Waals surface area contributed by atoms with Crippen LogP contribution in [0.1, 0.15) is 51.4 Å². The Bertz CT molecular complexity index is 363. The van der Waals surface area contributed by atoms with E-state index < -0.39 is 0 Å². The van der Waals surface area contributed by atoms with Gasteiger partial charge in [-0.05, 0) is 69.1 Å². The van der Waals surface area contributed by atoms with Gasteiger partial charge in [0.2, 0.25) is 0 Å². The molecule has 3 fully saturated rings. The van der Waals surface area contributed by atoms with Gasteiger partial charge in [0, 0.05) is 18.6 Å². The lowest BCUT2D eigenvalue weighted by molar-refractivity contribution is -0.246. The van der Waals surface area contributed by atoms with Crippen molar-refractivity contribution in [1.82, 2.24) is 0 Å². The van der Waals surface area contributed by atoms with Gasteiger partial charge < -0.3 is 14.2 Å². The molecule has 2 saturated carbocycles. The van der Waals surface area contributed by atoms with Crippen LogP contribution in [0.2, 0.25) is 0 Å². The van der Waals surface area contributed by atoms with Crippen molar-refractivity contribution in [3.05, 3.63) is 11.6 Å². The second-order valence-corrected chi connectivity index (χ2v) is 7.81. The Morgan fingerprint density at radius 3 is 1.87 bits per heavy atom. The molecule has 0 aromatic rings. The van der Waals surface area contributed by atoms with Gasteiger partial charge in [-0.25, -0.2) is 0 Å².